The van der Waals surface area contributed by atoms with Crippen molar-refractivity contribution in [3.8, 4) is 12.5 Å². The van der Waals surface area contributed by atoms with E-state index in [0.717, 1.165) is 6.42 Å². The molecule has 0 aliphatic heterocycles. The van der Waals surface area contributed by atoms with Crippen molar-refractivity contribution < 1.29 is 9.78 Å². The summed E-state index contributed by atoms with van der Waals surface area (Å²) in [5.41, 5.74) is 1.56. The average Bonchev–Trinajstić information content (AvgIpc) is 2.26. The molecule has 2 aliphatic carbocycles. The predicted molar refractivity (Wildman–Crippen MR) is 58.6 cm³/mol. The zero-order valence-corrected chi connectivity index (χ0v) is 9.24. The highest BCUT2D eigenvalue weighted by molar-refractivity contribution is 5.16. The summed E-state index contributed by atoms with van der Waals surface area (Å²) in [4.78, 5) is 9.97. The molecule has 82 valence electrons. The first kappa shape index (κ1) is 10.6. The van der Waals surface area contributed by atoms with Crippen LogP contribution in [0.25, 0.3) is 0 Å². The van der Waals surface area contributed by atoms with Crippen molar-refractivity contribution in [2.24, 2.45) is 11.8 Å². The molecule has 0 aromatic carbocycles. The lowest BCUT2D eigenvalue weighted by atomic mass is 9.70. The topological polar surface area (TPSA) is 18.5 Å². The summed E-state index contributed by atoms with van der Waals surface area (Å²) in [5.74, 6) is 1.22. The van der Waals surface area contributed by atoms with Gasteiger partial charge < -0.3 is 0 Å². The molecular weight excluding hydrogens is 188 g/mol. The molecule has 2 rings (SSSR count). The molecule has 0 bridgehead atoms. The van der Waals surface area contributed by atoms with Gasteiger partial charge in [0.05, 0.1) is 0 Å². The summed E-state index contributed by atoms with van der Waals surface area (Å²) >= 11 is 0. The summed E-state index contributed by atoms with van der Waals surface area (Å²) in [6.45, 7) is 2.30. The Balaban J connectivity index is 2.07. The van der Waals surface area contributed by atoms with E-state index in [9.17, 15) is 0 Å². The Hall–Kier alpha value is -0.940. The third kappa shape index (κ3) is 2.18. The lowest BCUT2D eigenvalue weighted by molar-refractivity contribution is -0.288. The van der Waals surface area contributed by atoms with E-state index in [0.29, 0.717) is 11.8 Å². The maximum Gasteiger partial charge on any atom is 0.153 e. The fourth-order valence-electron chi connectivity index (χ4n) is 2.97. The summed E-state index contributed by atoms with van der Waals surface area (Å²) in [5, 5.41) is 0. The SMILES string of the molecule is C#COOC1CCCC2=CCCC(C)C21. The molecule has 1 saturated carbocycles. The Morgan fingerprint density at radius 1 is 1.47 bits per heavy atom. The maximum absolute atomic E-state index is 5.30. The van der Waals surface area contributed by atoms with Crippen molar-refractivity contribution in [1.29, 1.82) is 0 Å². The molecule has 15 heavy (non-hydrogen) atoms. The largest absolute Gasteiger partial charge is 0.282 e. The highest BCUT2D eigenvalue weighted by Crippen LogP contribution is 2.41. The van der Waals surface area contributed by atoms with Crippen LogP contribution in [-0.4, -0.2) is 6.10 Å². The van der Waals surface area contributed by atoms with Crippen LogP contribution in [-0.2, 0) is 9.78 Å². The zero-order valence-electron chi connectivity index (χ0n) is 9.24. The van der Waals surface area contributed by atoms with Crippen LogP contribution in [0.1, 0.15) is 39.0 Å². The van der Waals surface area contributed by atoms with Gasteiger partial charge in [-0.05, 0) is 38.0 Å². The zero-order chi connectivity index (χ0) is 10.7. The quantitative estimate of drug-likeness (QED) is 0.299. The first-order valence-corrected chi connectivity index (χ1v) is 5.79. The average molecular weight is 206 g/mol. The summed E-state index contributed by atoms with van der Waals surface area (Å²) in [7, 11) is 0. The smallest absolute Gasteiger partial charge is 0.153 e. The van der Waals surface area contributed by atoms with Gasteiger partial charge in [-0.3, -0.25) is 4.89 Å². The molecule has 2 nitrogen and oxygen atoms in total. The standard InChI is InChI=1S/C13H18O2/c1-3-14-15-12-9-5-8-11-7-4-6-10(2)13(11)12/h1,7,10,12-13H,4-6,8-9H2,2H3. The molecule has 0 heterocycles. The van der Waals surface area contributed by atoms with Gasteiger partial charge >= 0.3 is 0 Å². The number of allylic oxidation sites excluding steroid dienone is 1. The number of rotatable bonds is 2. The van der Waals surface area contributed by atoms with Gasteiger partial charge in [0.25, 0.3) is 0 Å². The highest BCUT2D eigenvalue weighted by Gasteiger charge is 2.36. The van der Waals surface area contributed by atoms with E-state index < -0.39 is 0 Å². The normalized spacial score (nSPS) is 34.9. The third-order valence-corrected chi connectivity index (χ3v) is 3.64. The van der Waals surface area contributed by atoms with Crippen molar-refractivity contribution in [3.63, 3.8) is 0 Å². The minimum Gasteiger partial charge on any atom is -0.282 e. The van der Waals surface area contributed by atoms with Crippen molar-refractivity contribution in [2.45, 2.75) is 45.1 Å². The molecule has 2 aliphatic rings. The second-order valence-corrected chi connectivity index (χ2v) is 4.59. The van der Waals surface area contributed by atoms with Crippen LogP contribution in [0, 0.1) is 24.4 Å². The van der Waals surface area contributed by atoms with Crippen LogP contribution in [0.2, 0.25) is 0 Å². The van der Waals surface area contributed by atoms with Crippen LogP contribution >= 0.6 is 0 Å². The summed E-state index contributed by atoms with van der Waals surface area (Å²) in [6, 6.07) is 0. The Morgan fingerprint density at radius 2 is 2.33 bits per heavy atom. The van der Waals surface area contributed by atoms with Crippen LogP contribution in [0.3, 0.4) is 0 Å². The van der Waals surface area contributed by atoms with E-state index in [-0.39, 0.29) is 6.10 Å². The lowest BCUT2D eigenvalue weighted by Gasteiger charge is -2.38. The van der Waals surface area contributed by atoms with Gasteiger partial charge in [0, 0.05) is 5.92 Å². The van der Waals surface area contributed by atoms with E-state index in [1.54, 1.807) is 5.57 Å². The van der Waals surface area contributed by atoms with Crippen LogP contribution in [0.5, 0.6) is 0 Å². The molecule has 0 aromatic rings. The van der Waals surface area contributed by atoms with Gasteiger partial charge in [0.15, 0.2) is 6.11 Å². The monoisotopic (exact) mass is 206 g/mol. The molecule has 0 spiro atoms. The second-order valence-electron chi connectivity index (χ2n) is 4.59. The second kappa shape index (κ2) is 4.72. The summed E-state index contributed by atoms with van der Waals surface area (Å²) in [6.07, 6.45) is 15.6. The van der Waals surface area contributed by atoms with Gasteiger partial charge in [0.2, 0.25) is 0 Å². The Bertz CT molecular complexity index is 287. The first-order chi connectivity index (χ1) is 7.33. The van der Waals surface area contributed by atoms with Gasteiger partial charge in [-0.25, -0.2) is 0 Å². The Kier molecular flexibility index (Phi) is 3.33. The van der Waals surface area contributed by atoms with Crippen molar-refractivity contribution in [3.05, 3.63) is 11.6 Å². The lowest BCUT2D eigenvalue weighted by Crippen LogP contribution is -2.35. The Morgan fingerprint density at radius 3 is 3.13 bits per heavy atom. The number of fused-ring (bicyclic) bond motifs is 1. The Labute approximate surface area is 91.6 Å². The molecule has 0 radical (unpaired) electrons. The molecule has 2 heteroatoms. The van der Waals surface area contributed by atoms with Gasteiger partial charge in [-0.2, -0.15) is 4.89 Å². The minimum absolute atomic E-state index is 0.163. The van der Waals surface area contributed by atoms with E-state index >= 15 is 0 Å². The van der Waals surface area contributed by atoms with Gasteiger partial charge in [-0.15, -0.1) is 0 Å². The fraction of sp³-hybridized carbons (Fsp3) is 0.692. The van der Waals surface area contributed by atoms with E-state index in [1.807, 2.05) is 0 Å². The highest BCUT2D eigenvalue weighted by atomic mass is 17.2. The van der Waals surface area contributed by atoms with Gasteiger partial charge in [0.1, 0.15) is 6.10 Å². The van der Waals surface area contributed by atoms with E-state index in [1.165, 1.54) is 25.7 Å². The van der Waals surface area contributed by atoms with Crippen molar-refractivity contribution in [1.82, 2.24) is 0 Å². The molecular formula is C13H18O2. The van der Waals surface area contributed by atoms with Crippen LogP contribution in [0.4, 0.5) is 0 Å². The first-order valence-electron chi connectivity index (χ1n) is 5.79. The van der Waals surface area contributed by atoms with Gasteiger partial charge in [-0.1, -0.05) is 25.0 Å². The number of hydrogen-bond donors (Lipinski definition) is 0. The molecule has 3 unspecified atom stereocenters. The number of hydrogen-bond acceptors (Lipinski definition) is 2. The third-order valence-electron chi connectivity index (χ3n) is 3.64. The molecule has 3 atom stereocenters. The molecule has 0 aromatic heterocycles. The van der Waals surface area contributed by atoms with Crippen LogP contribution in [0.15, 0.2) is 11.6 Å². The molecule has 0 saturated heterocycles. The van der Waals surface area contributed by atoms with E-state index in [2.05, 4.69) is 24.0 Å². The fourth-order valence-corrected chi connectivity index (χ4v) is 2.97. The number of terminal acetylenes is 1. The predicted octanol–water partition coefficient (Wildman–Crippen LogP) is 3.05. The summed E-state index contributed by atoms with van der Waals surface area (Å²) < 4.78 is 0. The van der Waals surface area contributed by atoms with Crippen molar-refractivity contribution in [2.75, 3.05) is 0 Å². The maximum atomic E-state index is 5.30. The van der Waals surface area contributed by atoms with E-state index in [4.69, 9.17) is 11.3 Å². The van der Waals surface area contributed by atoms with Crippen LogP contribution < -0.4 is 0 Å². The molecule has 1 fully saturated rings. The minimum atomic E-state index is 0.163. The molecule has 0 amide bonds. The molecule has 0 N–H and O–H groups in total. The van der Waals surface area contributed by atoms with Crippen molar-refractivity contribution >= 4 is 0 Å².